The van der Waals surface area contributed by atoms with Crippen LogP contribution in [0, 0.1) is 0 Å². The molecule has 5 heteroatoms. The fourth-order valence-electron chi connectivity index (χ4n) is 2.51. The maximum absolute atomic E-state index is 12.8. The van der Waals surface area contributed by atoms with Gasteiger partial charge < -0.3 is 4.74 Å². The van der Waals surface area contributed by atoms with Gasteiger partial charge in [-0.05, 0) is 35.8 Å². The number of nitrogens with zero attached hydrogens (tertiary/aromatic N) is 2. The van der Waals surface area contributed by atoms with Crippen molar-refractivity contribution in [2.45, 2.75) is 25.8 Å². The van der Waals surface area contributed by atoms with Crippen molar-refractivity contribution in [1.82, 2.24) is 9.78 Å². The third-order valence-corrected chi connectivity index (χ3v) is 4.07. The Balaban J connectivity index is 2.01. The van der Waals surface area contributed by atoms with E-state index in [9.17, 15) is 4.79 Å². The van der Waals surface area contributed by atoms with E-state index in [2.05, 4.69) is 21.0 Å². The molecule has 0 saturated heterocycles. The number of ketones is 1. The average molecular weight is 335 g/mol. The van der Waals surface area contributed by atoms with Gasteiger partial charge >= 0.3 is 0 Å². The van der Waals surface area contributed by atoms with E-state index < -0.39 is 0 Å². The quantitative estimate of drug-likeness (QED) is 0.805. The molecule has 1 aromatic heterocycles. The van der Waals surface area contributed by atoms with E-state index in [0.29, 0.717) is 12.3 Å². The van der Waals surface area contributed by atoms with Crippen molar-refractivity contribution >= 4 is 21.7 Å². The van der Waals surface area contributed by atoms with Crippen LogP contribution in [0.15, 0.2) is 34.9 Å². The predicted molar refractivity (Wildman–Crippen MR) is 79.3 cm³/mol. The molecule has 4 nitrogen and oxygen atoms in total. The van der Waals surface area contributed by atoms with Crippen molar-refractivity contribution in [3.8, 4) is 5.75 Å². The zero-order chi connectivity index (χ0) is 14.3. The van der Waals surface area contributed by atoms with Crippen LogP contribution >= 0.6 is 15.9 Å². The minimum Gasteiger partial charge on any atom is -0.492 e. The lowest BCUT2D eigenvalue weighted by atomic mass is 9.95. The molecule has 0 amide bonds. The van der Waals surface area contributed by atoms with E-state index in [4.69, 9.17) is 4.74 Å². The first-order chi connectivity index (χ1) is 9.59. The topological polar surface area (TPSA) is 44.1 Å². The molecule has 1 aliphatic heterocycles. The summed E-state index contributed by atoms with van der Waals surface area (Å²) in [6.07, 6.45) is 1.68. The molecule has 0 spiro atoms. The number of hydrogen-bond acceptors (Lipinski definition) is 3. The molecule has 20 heavy (non-hydrogen) atoms. The van der Waals surface area contributed by atoms with E-state index >= 15 is 0 Å². The minimum atomic E-state index is -0.253. The molecule has 3 rings (SSSR count). The molecule has 0 radical (unpaired) electrons. The summed E-state index contributed by atoms with van der Waals surface area (Å²) in [6, 6.07) is 7.84. The monoisotopic (exact) mass is 334 g/mol. The molecular formula is C15H15BrN2O2. The van der Waals surface area contributed by atoms with Gasteiger partial charge in [-0.25, -0.2) is 0 Å². The highest BCUT2D eigenvalue weighted by molar-refractivity contribution is 9.10. The lowest BCUT2D eigenvalue weighted by Gasteiger charge is -2.13. The first kappa shape index (κ1) is 13.4. The summed E-state index contributed by atoms with van der Waals surface area (Å²) < 4.78 is 8.10. The second-order valence-corrected chi connectivity index (χ2v) is 6.00. The summed E-state index contributed by atoms with van der Waals surface area (Å²) in [7, 11) is 0. The Labute approximate surface area is 125 Å². The molecule has 1 unspecified atom stereocenters. The van der Waals surface area contributed by atoms with Gasteiger partial charge in [-0.3, -0.25) is 9.48 Å². The number of hydrogen-bond donors (Lipinski definition) is 0. The van der Waals surface area contributed by atoms with Crippen LogP contribution in [0.4, 0.5) is 0 Å². The molecule has 2 aromatic rings. The Bertz CT molecular complexity index is 664. The Morgan fingerprint density at radius 2 is 2.20 bits per heavy atom. The van der Waals surface area contributed by atoms with Gasteiger partial charge in [-0.15, -0.1) is 0 Å². The molecule has 2 heterocycles. The van der Waals surface area contributed by atoms with Gasteiger partial charge in [-0.2, -0.15) is 5.10 Å². The fourth-order valence-corrected chi connectivity index (χ4v) is 2.98. The maximum atomic E-state index is 12.8. The third kappa shape index (κ3) is 2.06. The first-order valence-electron chi connectivity index (χ1n) is 6.58. The van der Waals surface area contributed by atoms with Crippen LogP contribution in [-0.2, 0) is 0 Å². The Morgan fingerprint density at radius 1 is 1.45 bits per heavy atom. The zero-order valence-electron chi connectivity index (χ0n) is 11.3. The second-order valence-electron chi connectivity index (χ2n) is 5.15. The molecule has 1 aromatic carbocycles. The van der Waals surface area contributed by atoms with E-state index in [-0.39, 0.29) is 17.7 Å². The van der Waals surface area contributed by atoms with Crippen LogP contribution in [0.2, 0.25) is 0 Å². The van der Waals surface area contributed by atoms with Crippen molar-refractivity contribution in [3.05, 3.63) is 46.2 Å². The molecule has 104 valence electrons. The Hall–Kier alpha value is -1.62. The lowest BCUT2D eigenvalue weighted by Crippen LogP contribution is -2.20. The highest BCUT2D eigenvalue weighted by atomic mass is 79.9. The molecule has 0 saturated carbocycles. The number of carbonyl (C=O) groups excluding carboxylic acids is 1. The van der Waals surface area contributed by atoms with Crippen molar-refractivity contribution in [2.24, 2.45) is 0 Å². The summed E-state index contributed by atoms with van der Waals surface area (Å²) in [5, 5.41) is 4.27. The molecule has 1 atom stereocenters. The van der Waals surface area contributed by atoms with Crippen LogP contribution in [0.25, 0.3) is 0 Å². The number of halogens is 1. The second kappa shape index (κ2) is 5.05. The van der Waals surface area contributed by atoms with Crippen molar-refractivity contribution in [3.63, 3.8) is 0 Å². The van der Waals surface area contributed by atoms with Crippen LogP contribution in [0.5, 0.6) is 5.75 Å². The highest BCUT2D eigenvalue weighted by Crippen LogP contribution is 2.37. The number of benzene rings is 1. The molecule has 0 aliphatic carbocycles. The number of fused-ring (bicyclic) bond motifs is 1. The summed E-state index contributed by atoms with van der Waals surface area (Å²) in [4.78, 5) is 12.8. The Morgan fingerprint density at radius 3 is 2.95 bits per heavy atom. The average Bonchev–Trinajstić information content (AvgIpc) is 3.01. The third-order valence-electron chi connectivity index (χ3n) is 3.49. The van der Waals surface area contributed by atoms with Gasteiger partial charge in [0.1, 0.15) is 18.1 Å². The van der Waals surface area contributed by atoms with E-state index in [1.54, 1.807) is 10.9 Å². The van der Waals surface area contributed by atoms with Gasteiger partial charge in [0, 0.05) is 11.6 Å². The summed E-state index contributed by atoms with van der Waals surface area (Å²) in [5.41, 5.74) is 1.58. The van der Waals surface area contributed by atoms with E-state index in [1.165, 1.54) is 0 Å². The highest BCUT2D eigenvalue weighted by Gasteiger charge is 2.34. The lowest BCUT2D eigenvalue weighted by molar-refractivity contribution is 0.0934. The molecule has 1 aliphatic rings. The number of ether oxygens (including phenoxy) is 1. The summed E-state index contributed by atoms with van der Waals surface area (Å²) in [6.45, 7) is 4.42. The van der Waals surface area contributed by atoms with Crippen LogP contribution in [0.1, 0.15) is 41.9 Å². The number of carbonyl (C=O) groups is 1. The smallest absolute Gasteiger partial charge is 0.193 e. The number of para-hydroxylation sites is 1. The number of Topliss-reactive ketones (excluding diaryl/α,β-unsaturated/α-hetero) is 1. The molecular weight excluding hydrogens is 320 g/mol. The zero-order valence-corrected chi connectivity index (χ0v) is 12.9. The first-order valence-corrected chi connectivity index (χ1v) is 7.38. The summed E-state index contributed by atoms with van der Waals surface area (Å²) in [5.74, 6) is 0.599. The van der Waals surface area contributed by atoms with Gasteiger partial charge in [-0.1, -0.05) is 18.2 Å². The van der Waals surface area contributed by atoms with Crippen LogP contribution < -0.4 is 4.74 Å². The predicted octanol–water partition coefficient (Wildman–Crippen LogP) is 3.59. The van der Waals surface area contributed by atoms with Crippen LogP contribution in [0.3, 0.4) is 0 Å². The minimum absolute atomic E-state index is 0.0491. The normalized spacial score (nSPS) is 17.1. The summed E-state index contributed by atoms with van der Waals surface area (Å²) >= 11 is 3.43. The van der Waals surface area contributed by atoms with Gasteiger partial charge in [0.15, 0.2) is 5.78 Å². The molecule has 0 fully saturated rings. The van der Waals surface area contributed by atoms with Gasteiger partial charge in [0.25, 0.3) is 0 Å². The largest absolute Gasteiger partial charge is 0.492 e. The van der Waals surface area contributed by atoms with Crippen molar-refractivity contribution in [2.75, 3.05) is 6.61 Å². The standard InChI is InChI=1S/C15H15BrN2O2/c1-9(2)18-14(12(16)7-17-18)15(19)11-8-20-13-6-4-3-5-10(11)13/h3-7,9,11H,8H2,1-2H3. The van der Waals surface area contributed by atoms with Gasteiger partial charge in [0.2, 0.25) is 0 Å². The van der Waals surface area contributed by atoms with Crippen molar-refractivity contribution in [1.29, 1.82) is 0 Å². The maximum Gasteiger partial charge on any atom is 0.193 e. The van der Waals surface area contributed by atoms with E-state index in [1.807, 2.05) is 38.1 Å². The fraction of sp³-hybridized carbons (Fsp3) is 0.333. The van der Waals surface area contributed by atoms with Crippen LogP contribution in [-0.4, -0.2) is 22.2 Å². The SMILES string of the molecule is CC(C)n1ncc(Br)c1C(=O)C1COc2ccccc21. The molecule has 0 N–H and O–H groups in total. The molecule has 0 bridgehead atoms. The van der Waals surface area contributed by atoms with Gasteiger partial charge in [0.05, 0.1) is 16.6 Å². The van der Waals surface area contributed by atoms with E-state index in [0.717, 1.165) is 15.8 Å². The number of rotatable bonds is 3. The number of aromatic nitrogens is 2. The Kier molecular flexibility index (Phi) is 3.38. The van der Waals surface area contributed by atoms with Crippen molar-refractivity contribution < 1.29 is 9.53 Å².